The number of carbonyl (C=O) groups is 2. The van der Waals surface area contributed by atoms with Crippen LogP contribution in [-0.4, -0.2) is 36.4 Å². The van der Waals surface area contributed by atoms with E-state index in [1.54, 1.807) is 20.8 Å². The zero-order valence-electron chi connectivity index (χ0n) is 15.0. The highest BCUT2D eigenvalue weighted by atomic mass is 16.6. The number of hydrogen-bond donors (Lipinski definition) is 1. The second kappa shape index (κ2) is 9.27. The van der Waals surface area contributed by atoms with E-state index in [9.17, 15) is 9.59 Å². The Balaban J connectivity index is 2.62. The molecule has 1 aromatic carbocycles. The molecule has 0 aliphatic rings. The van der Waals surface area contributed by atoms with Crippen LogP contribution in [0.25, 0.3) is 0 Å². The first kappa shape index (κ1) is 20.0. The third kappa shape index (κ3) is 8.53. The first-order valence-corrected chi connectivity index (χ1v) is 7.96. The van der Waals surface area contributed by atoms with E-state index in [-0.39, 0.29) is 12.7 Å². The molecule has 0 aliphatic heterocycles. The van der Waals surface area contributed by atoms with Gasteiger partial charge in [0, 0.05) is 6.92 Å². The van der Waals surface area contributed by atoms with Gasteiger partial charge in [-0.25, -0.2) is 4.79 Å². The fourth-order valence-electron chi connectivity index (χ4n) is 1.88. The summed E-state index contributed by atoms with van der Waals surface area (Å²) in [5, 5.41) is 2.70. The van der Waals surface area contributed by atoms with E-state index < -0.39 is 23.7 Å². The second-order valence-electron chi connectivity index (χ2n) is 6.56. The molecule has 134 valence electrons. The smallest absolute Gasteiger partial charge is 0.408 e. The molecule has 1 N–H and O–H groups in total. The van der Waals surface area contributed by atoms with E-state index in [1.807, 2.05) is 37.3 Å². The zero-order chi connectivity index (χ0) is 18.2. The average Bonchev–Trinajstić information content (AvgIpc) is 2.48. The van der Waals surface area contributed by atoms with Crippen molar-refractivity contribution in [1.29, 1.82) is 0 Å². The van der Waals surface area contributed by atoms with Crippen LogP contribution < -0.4 is 5.32 Å². The van der Waals surface area contributed by atoms with Crippen LogP contribution in [0.15, 0.2) is 30.3 Å². The van der Waals surface area contributed by atoms with Crippen LogP contribution in [0.5, 0.6) is 0 Å². The standard InChI is InChI=1S/C18H27NO5/c1-13(22-11-15-9-7-6-8-10-15)16(12-23-14(2)20)19-17(21)24-18(3,4)5/h6-10,13,16H,11-12H2,1-5H3,(H,19,21)/t13-,16-/m1/s1. The number of rotatable bonds is 7. The van der Waals surface area contributed by atoms with Gasteiger partial charge in [-0.3, -0.25) is 4.79 Å². The van der Waals surface area contributed by atoms with Crippen molar-refractivity contribution in [2.24, 2.45) is 0 Å². The molecule has 0 aromatic heterocycles. The van der Waals surface area contributed by atoms with Gasteiger partial charge in [-0.1, -0.05) is 30.3 Å². The quantitative estimate of drug-likeness (QED) is 0.774. The normalized spacial score (nSPS) is 13.7. The molecule has 2 atom stereocenters. The number of benzene rings is 1. The summed E-state index contributed by atoms with van der Waals surface area (Å²) >= 11 is 0. The van der Waals surface area contributed by atoms with Crippen LogP contribution in [0, 0.1) is 0 Å². The lowest BCUT2D eigenvalue weighted by atomic mass is 10.2. The maximum Gasteiger partial charge on any atom is 0.408 e. The molecular formula is C18H27NO5. The van der Waals surface area contributed by atoms with E-state index in [0.717, 1.165) is 5.56 Å². The van der Waals surface area contributed by atoms with Gasteiger partial charge in [-0.05, 0) is 33.3 Å². The topological polar surface area (TPSA) is 73.9 Å². The van der Waals surface area contributed by atoms with E-state index in [1.165, 1.54) is 6.92 Å². The van der Waals surface area contributed by atoms with Gasteiger partial charge in [0.25, 0.3) is 0 Å². The maximum absolute atomic E-state index is 12.0. The number of alkyl carbamates (subject to hydrolysis) is 1. The lowest BCUT2D eigenvalue weighted by Gasteiger charge is -2.27. The van der Waals surface area contributed by atoms with Crippen molar-refractivity contribution in [1.82, 2.24) is 5.32 Å². The van der Waals surface area contributed by atoms with Crippen LogP contribution in [0.3, 0.4) is 0 Å². The molecule has 0 unspecified atom stereocenters. The largest absolute Gasteiger partial charge is 0.464 e. The van der Waals surface area contributed by atoms with Crippen LogP contribution in [0.2, 0.25) is 0 Å². The molecule has 0 bridgehead atoms. The zero-order valence-corrected chi connectivity index (χ0v) is 15.0. The lowest BCUT2D eigenvalue weighted by Crippen LogP contribution is -2.48. The third-order valence-electron chi connectivity index (χ3n) is 3.09. The molecule has 1 aromatic rings. The Morgan fingerprint density at radius 1 is 1.17 bits per heavy atom. The minimum atomic E-state index is -0.607. The highest BCUT2D eigenvalue weighted by Crippen LogP contribution is 2.10. The molecular weight excluding hydrogens is 310 g/mol. The first-order chi connectivity index (χ1) is 11.2. The molecule has 0 heterocycles. The van der Waals surface area contributed by atoms with Gasteiger partial charge < -0.3 is 19.5 Å². The van der Waals surface area contributed by atoms with Gasteiger partial charge in [0.15, 0.2) is 0 Å². The SMILES string of the molecule is CC(=O)OC[C@@H](NC(=O)OC(C)(C)C)[C@@H](C)OCc1ccccc1. The molecule has 6 nitrogen and oxygen atoms in total. The number of esters is 1. The van der Waals surface area contributed by atoms with E-state index >= 15 is 0 Å². The number of nitrogens with one attached hydrogen (secondary N) is 1. The highest BCUT2D eigenvalue weighted by molar-refractivity contribution is 5.68. The molecule has 24 heavy (non-hydrogen) atoms. The Hall–Kier alpha value is -2.08. The summed E-state index contributed by atoms with van der Waals surface area (Å²) in [7, 11) is 0. The predicted molar refractivity (Wildman–Crippen MR) is 90.5 cm³/mol. The van der Waals surface area contributed by atoms with Crippen LogP contribution >= 0.6 is 0 Å². The van der Waals surface area contributed by atoms with E-state index in [2.05, 4.69) is 5.32 Å². The monoisotopic (exact) mass is 337 g/mol. The van der Waals surface area contributed by atoms with Gasteiger partial charge in [0.2, 0.25) is 0 Å². The second-order valence-corrected chi connectivity index (χ2v) is 6.56. The minimum Gasteiger partial charge on any atom is -0.464 e. The van der Waals surface area contributed by atoms with Crippen molar-refractivity contribution in [3.63, 3.8) is 0 Å². The van der Waals surface area contributed by atoms with E-state index in [4.69, 9.17) is 14.2 Å². The summed E-state index contributed by atoms with van der Waals surface area (Å²) in [6, 6.07) is 9.19. The minimum absolute atomic E-state index is 0.0184. The number of hydrogen-bond acceptors (Lipinski definition) is 5. The van der Waals surface area contributed by atoms with Gasteiger partial charge in [0.05, 0.1) is 18.8 Å². The Morgan fingerprint density at radius 3 is 2.33 bits per heavy atom. The molecule has 0 aliphatic carbocycles. The number of amides is 1. The van der Waals surface area contributed by atoms with Crippen molar-refractivity contribution in [2.75, 3.05) is 6.61 Å². The molecule has 0 saturated heterocycles. The van der Waals surface area contributed by atoms with Crippen molar-refractivity contribution in [2.45, 2.75) is 59.0 Å². The Morgan fingerprint density at radius 2 is 1.79 bits per heavy atom. The van der Waals surface area contributed by atoms with Gasteiger partial charge in [-0.15, -0.1) is 0 Å². The van der Waals surface area contributed by atoms with Gasteiger partial charge in [0.1, 0.15) is 12.2 Å². The summed E-state index contributed by atoms with van der Waals surface area (Å²) in [5.74, 6) is -0.416. The van der Waals surface area contributed by atoms with Crippen molar-refractivity contribution >= 4 is 12.1 Å². The third-order valence-corrected chi connectivity index (χ3v) is 3.09. The first-order valence-electron chi connectivity index (χ1n) is 7.96. The molecule has 1 amide bonds. The maximum atomic E-state index is 12.0. The molecule has 1 rings (SSSR count). The Kier molecular flexibility index (Phi) is 7.71. The number of carbonyl (C=O) groups excluding carboxylic acids is 2. The van der Waals surface area contributed by atoms with E-state index in [0.29, 0.717) is 6.61 Å². The summed E-state index contributed by atoms with van der Waals surface area (Å²) in [5.41, 5.74) is 0.414. The summed E-state index contributed by atoms with van der Waals surface area (Å²) in [6.45, 7) is 8.89. The number of ether oxygens (including phenoxy) is 3. The molecule has 0 fully saturated rings. The predicted octanol–water partition coefficient (Wildman–Crippen LogP) is 3.05. The van der Waals surface area contributed by atoms with Crippen molar-refractivity contribution < 1.29 is 23.8 Å². The summed E-state index contributed by atoms with van der Waals surface area (Å²) < 4.78 is 16.1. The van der Waals surface area contributed by atoms with Crippen LogP contribution in [0.4, 0.5) is 4.79 Å². The fraction of sp³-hybridized carbons (Fsp3) is 0.556. The molecule has 6 heteroatoms. The highest BCUT2D eigenvalue weighted by Gasteiger charge is 2.25. The lowest BCUT2D eigenvalue weighted by molar-refractivity contribution is -0.142. The van der Waals surface area contributed by atoms with Gasteiger partial charge in [-0.2, -0.15) is 0 Å². The molecule has 0 radical (unpaired) electrons. The fourth-order valence-corrected chi connectivity index (χ4v) is 1.88. The van der Waals surface area contributed by atoms with Crippen molar-refractivity contribution in [3.05, 3.63) is 35.9 Å². The average molecular weight is 337 g/mol. The summed E-state index contributed by atoms with van der Waals surface area (Å²) in [6.07, 6.45) is -0.938. The molecule has 0 spiro atoms. The Labute approximate surface area is 143 Å². The Bertz CT molecular complexity index is 524. The molecule has 0 saturated carbocycles. The van der Waals surface area contributed by atoms with Crippen molar-refractivity contribution in [3.8, 4) is 0 Å². The summed E-state index contributed by atoms with van der Waals surface area (Å²) in [4.78, 5) is 23.0. The van der Waals surface area contributed by atoms with Crippen LogP contribution in [-0.2, 0) is 25.6 Å². The van der Waals surface area contributed by atoms with Crippen LogP contribution in [0.1, 0.15) is 40.2 Å². The van der Waals surface area contributed by atoms with Gasteiger partial charge >= 0.3 is 12.1 Å².